The molecule has 0 spiro atoms. The van der Waals surface area contributed by atoms with E-state index in [9.17, 15) is 0 Å². The van der Waals surface area contributed by atoms with E-state index in [1.54, 1.807) is 12.4 Å². The molecule has 3 nitrogen and oxygen atoms in total. The molecule has 0 aromatic rings. The molecule has 0 aromatic heterocycles. The first-order valence-electron chi connectivity index (χ1n) is 3.56. The molecule has 2 aliphatic heterocycles. The van der Waals surface area contributed by atoms with Crippen LogP contribution in [-0.4, -0.2) is 23.5 Å². The van der Waals surface area contributed by atoms with Gasteiger partial charge in [-0.25, -0.2) is 0 Å². The molecule has 0 fully saturated rings. The molecular weight excluding hydrogens is 138 g/mol. The van der Waals surface area contributed by atoms with Gasteiger partial charge in [0, 0.05) is 18.6 Å². The summed E-state index contributed by atoms with van der Waals surface area (Å²) in [5.74, 6) is 0.929. The van der Waals surface area contributed by atoms with Crippen molar-refractivity contribution in [3.05, 3.63) is 24.2 Å². The van der Waals surface area contributed by atoms with Crippen LogP contribution in [-0.2, 0) is 0 Å². The third kappa shape index (κ3) is 1.09. The molecule has 56 valence electrons. The highest BCUT2D eigenvalue weighted by molar-refractivity contribution is 6.30. The summed E-state index contributed by atoms with van der Waals surface area (Å²) in [6.45, 7) is 2.87. The number of aliphatic imine (C=N–C) groups is 2. The molecule has 2 aliphatic rings. The van der Waals surface area contributed by atoms with E-state index in [0.29, 0.717) is 0 Å². The topological polar surface area (TPSA) is 28.0 Å². The van der Waals surface area contributed by atoms with Gasteiger partial charge in [-0.2, -0.15) is 0 Å². The predicted octanol–water partition coefficient (Wildman–Crippen LogP) is 1.16. The quantitative estimate of drug-likeness (QED) is 0.505. The largest absolute Gasteiger partial charge is 0.306 e. The van der Waals surface area contributed by atoms with Gasteiger partial charge in [-0.3, -0.25) is 9.98 Å². The summed E-state index contributed by atoms with van der Waals surface area (Å²) in [6.07, 6.45) is 7.50. The summed E-state index contributed by atoms with van der Waals surface area (Å²) in [7, 11) is 0. The van der Waals surface area contributed by atoms with E-state index in [1.807, 2.05) is 11.1 Å². The monoisotopic (exact) mass is 147 g/mol. The number of rotatable bonds is 0. The highest BCUT2D eigenvalue weighted by Gasteiger charge is 2.10. The van der Waals surface area contributed by atoms with Crippen LogP contribution in [0.2, 0.25) is 0 Å². The van der Waals surface area contributed by atoms with Crippen molar-refractivity contribution in [1.29, 1.82) is 0 Å². The van der Waals surface area contributed by atoms with Crippen molar-refractivity contribution in [2.24, 2.45) is 9.98 Å². The Kier molecular flexibility index (Phi) is 1.35. The highest BCUT2D eigenvalue weighted by Crippen LogP contribution is 2.09. The molecule has 0 unspecified atom stereocenters. The summed E-state index contributed by atoms with van der Waals surface area (Å²) in [5, 5.41) is 0. The summed E-state index contributed by atoms with van der Waals surface area (Å²) in [4.78, 5) is 10.3. The van der Waals surface area contributed by atoms with Crippen molar-refractivity contribution in [3.63, 3.8) is 0 Å². The lowest BCUT2D eigenvalue weighted by molar-refractivity contribution is 0.723. The molecule has 0 aromatic carbocycles. The maximum atomic E-state index is 4.31. The Hall–Kier alpha value is -1.38. The van der Waals surface area contributed by atoms with Crippen LogP contribution in [0.25, 0.3) is 0 Å². The Labute approximate surface area is 65.5 Å². The molecule has 0 N–H and O–H groups in total. The lowest BCUT2D eigenvalue weighted by Gasteiger charge is -2.21. The van der Waals surface area contributed by atoms with Crippen molar-refractivity contribution >= 4 is 12.1 Å². The molecule has 0 radical (unpaired) electrons. The minimum atomic E-state index is 0.797. The average molecular weight is 147 g/mol. The van der Waals surface area contributed by atoms with Crippen LogP contribution in [0.3, 0.4) is 0 Å². The lowest BCUT2D eigenvalue weighted by atomic mass is 10.3. The molecule has 2 heterocycles. The molecular formula is C8H9N3. The lowest BCUT2D eigenvalue weighted by Crippen LogP contribution is -2.27. The van der Waals surface area contributed by atoms with Crippen molar-refractivity contribution in [2.75, 3.05) is 6.54 Å². The number of hydrogen-bond donors (Lipinski definition) is 0. The van der Waals surface area contributed by atoms with Crippen molar-refractivity contribution in [1.82, 2.24) is 4.90 Å². The Bertz CT molecular complexity index is 284. The van der Waals surface area contributed by atoms with Crippen molar-refractivity contribution in [3.8, 4) is 0 Å². The van der Waals surface area contributed by atoms with Crippen LogP contribution < -0.4 is 0 Å². The zero-order valence-electron chi connectivity index (χ0n) is 6.36. The van der Waals surface area contributed by atoms with E-state index in [2.05, 4.69) is 23.1 Å². The van der Waals surface area contributed by atoms with Crippen LogP contribution in [0.1, 0.15) is 6.92 Å². The SMILES string of the molecule is CC1=CN2C=CN=CC2=NC1. The van der Waals surface area contributed by atoms with Gasteiger partial charge in [0.1, 0.15) is 0 Å². The van der Waals surface area contributed by atoms with Crippen LogP contribution >= 0.6 is 0 Å². The molecule has 0 atom stereocenters. The third-order valence-electron chi connectivity index (χ3n) is 1.62. The van der Waals surface area contributed by atoms with Gasteiger partial charge >= 0.3 is 0 Å². The molecule has 3 heteroatoms. The smallest absolute Gasteiger partial charge is 0.150 e. The van der Waals surface area contributed by atoms with E-state index in [1.165, 1.54) is 5.57 Å². The van der Waals surface area contributed by atoms with Gasteiger partial charge < -0.3 is 4.90 Å². The second-order valence-electron chi connectivity index (χ2n) is 2.63. The fourth-order valence-corrected chi connectivity index (χ4v) is 1.08. The van der Waals surface area contributed by atoms with E-state index in [0.717, 1.165) is 12.4 Å². The van der Waals surface area contributed by atoms with Crippen LogP contribution in [0, 0.1) is 0 Å². The van der Waals surface area contributed by atoms with Gasteiger partial charge in [-0.1, -0.05) is 0 Å². The van der Waals surface area contributed by atoms with Gasteiger partial charge in [-0.05, 0) is 12.5 Å². The maximum absolute atomic E-state index is 4.31. The number of fused-ring (bicyclic) bond motifs is 1. The number of nitrogens with zero attached hydrogens (tertiary/aromatic N) is 3. The van der Waals surface area contributed by atoms with Gasteiger partial charge in [0.25, 0.3) is 0 Å². The van der Waals surface area contributed by atoms with Gasteiger partial charge in [-0.15, -0.1) is 0 Å². The van der Waals surface area contributed by atoms with Crippen LogP contribution in [0.15, 0.2) is 34.2 Å². The Morgan fingerprint density at radius 2 is 2.45 bits per heavy atom. The summed E-state index contributed by atoms with van der Waals surface area (Å²) in [6, 6.07) is 0. The summed E-state index contributed by atoms with van der Waals surface area (Å²) < 4.78 is 0. The van der Waals surface area contributed by atoms with E-state index in [-0.39, 0.29) is 0 Å². The first-order chi connectivity index (χ1) is 5.36. The molecule has 0 saturated carbocycles. The normalized spacial score (nSPS) is 21.0. The minimum Gasteiger partial charge on any atom is -0.306 e. The van der Waals surface area contributed by atoms with E-state index >= 15 is 0 Å². The summed E-state index contributed by atoms with van der Waals surface area (Å²) >= 11 is 0. The van der Waals surface area contributed by atoms with Gasteiger partial charge in [0.2, 0.25) is 0 Å². The maximum Gasteiger partial charge on any atom is 0.150 e. The molecule has 0 amide bonds. The Morgan fingerprint density at radius 3 is 3.36 bits per heavy atom. The highest BCUT2D eigenvalue weighted by atomic mass is 15.2. The molecule has 11 heavy (non-hydrogen) atoms. The zero-order valence-corrected chi connectivity index (χ0v) is 6.36. The Balaban J connectivity index is 2.31. The van der Waals surface area contributed by atoms with Crippen LogP contribution in [0.5, 0.6) is 0 Å². The van der Waals surface area contributed by atoms with E-state index in [4.69, 9.17) is 0 Å². The third-order valence-corrected chi connectivity index (χ3v) is 1.62. The minimum absolute atomic E-state index is 0.797. The zero-order chi connectivity index (χ0) is 7.68. The average Bonchev–Trinajstić information content (AvgIpc) is 2.04. The van der Waals surface area contributed by atoms with Gasteiger partial charge in [0.05, 0.1) is 12.8 Å². The van der Waals surface area contributed by atoms with Gasteiger partial charge in [0.15, 0.2) is 5.84 Å². The fraction of sp³-hybridized carbons (Fsp3) is 0.250. The van der Waals surface area contributed by atoms with Crippen LogP contribution in [0.4, 0.5) is 0 Å². The first-order valence-corrected chi connectivity index (χ1v) is 3.56. The second kappa shape index (κ2) is 2.34. The molecule has 0 bridgehead atoms. The van der Waals surface area contributed by atoms with Crippen molar-refractivity contribution in [2.45, 2.75) is 6.92 Å². The molecule has 2 rings (SSSR count). The Morgan fingerprint density at radius 1 is 1.55 bits per heavy atom. The van der Waals surface area contributed by atoms with E-state index < -0.39 is 0 Å². The second-order valence-corrected chi connectivity index (χ2v) is 2.63. The number of amidine groups is 1. The fourth-order valence-electron chi connectivity index (χ4n) is 1.08. The molecule has 0 saturated heterocycles. The predicted molar refractivity (Wildman–Crippen MR) is 45.5 cm³/mol. The standard InChI is InChI=1S/C8H9N3/c1-7-4-10-8-5-9-2-3-11(8)6-7/h2-3,5-6H,4H2,1H3. The molecule has 0 aliphatic carbocycles. The van der Waals surface area contributed by atoms with Crippen molar-refractivity contribution < 1.29 is 0 Å². The first kappa shape index (κ1) is 6.34. The summed E-state index contributed by atoms with van der Waals surface area (Å²) in [5.41, 5.74) is 1.27. The number of hydrogen-bond acceptors (Lipinski definition) is 3.